The lowest BCUT2D eigenvalue weighted by Gasteiger charge is -2.40. The van der Waals surface area contributed by atoms with Gasteiger partial charge in [0, 0.05) is 24.1 Å². The maximum Gasteiger partial charge on any atom is 0.414 e. The number of ether oxygens (including phenoxy) is 3. The second-order valence-corrected chi connectivity index (χ2v) is 8.73. The predicted molar refractivity (Wildman–Crippen MR) is 119 cm³/mol. The molecule has 0 radical (unpaired) electrons. The van der Waals surface area contributed by atoms with Crippen LogP contribution in [-0.2, 0) is 11.2 Å². The number of anilines is 1. The molecule has 1 aliphatic heterocycles. The number of hydrogen-bond donors (Lipinski definition) is 0. The molecule has 5 heteroatoms. The van der Waals surface area contributed by atoms with Crippen LogP contribution >= 0.6 is 0 Å². The Balaban J connectivity index is 1.86. The smallest absolute Gasteiger partial charge is 0.414 e. The van der Waals surface area contributed by atoms with Crippen molar-refractivity contribution in [3.05, 3.63) is 59.2 Å². The highest BCUT2D eigenvalue weighted by Crippen LogP contribution is 2.53. The lowest BCUT2D eigenvalue weighted by Crippen LogP contribution is -2.41. The van der Waals surface area contributed by atoms with E-state index < -0.39 is 5.60 Å². The SMILES string of the molecule is COc1cc2c3c(c1OC)CC=C(c1ccccc1)[C@@H]3CCN2C(=O)OC(C)(C)C. The fourth-order valence-corrected chi connectivity index (χ4v) is 4.53. The molecule has 158 valence electrons. The number of amides is 1. The first-order chi connectivity index (χ1) is 14.3. The second-order valence-electron chi connectivity index (χ2n) is 8.73. The molecular weight excluding hydrogens is 378 g/mol. The fourth-order valence-electron chi connectivity index (χ4n) is 4.53. The van der Waals surface area contributed by atoms with Crippen LogP contribution in [0.5, 0.6) is 11.5 Å². The van der Waals surface area contributed by atoms with Crippen LogP contribution in [0.4, 0.5) is 10.5 Å². The Bertz CT molecular complexity index is 988. The lowest BCUT2D eigenvalue weighted by molar-refractivity contribution is 0.0577. The van der Waals surface area contributed by atoms with Gasteiger partial charge in [-0.05, 0) is 50.3 Å². The Kier molecular flexibility index (Phi) is 5.22. The number of hydrogen-bond acceptors (Lipinski definition) is 4. The average Bonchev–Trinajstić information content (AvgIpc) is 2.73. The van der Waals surface area contributed by atoms with Crippen LogP contribution in [-0.4, -0.2) is 32.5 Å². The summed E-state index contributed by atoms with van der Waals surface area (Å²) in [5.41, 5.74) is 5.06. The summed E-state index contributed by atoms with van der Waals surface area (Å²) < 4.78 is 17.1. The van der Waals surface area contributed by atoms with Gasteiger partial charge in [0.1, 0.15) is 5.60 Å². The van der Waals surface area contributed by atoms with Gasteiger partial charge in [-0.15, -0.1) is 0 Å². The number of nitrogens with zero attached hydrogens (tertiary/aromatic N) is 1. The molecule has 0 aromatic heterocycles. The Labute approximate surface area is 178 Å². The molecule has 2 aromatic carbocycles. The summed E-state index contributed by atoms with van der Waals surface area (Å²) in [5, 5.41) is 0. The largest absolute Gasteiger partial charge is 0.493 e. The lowest BCUT2D eigenvalue weighted by atomic mass is 9.74. The zero-order chi connectivity index (χ0) is 21.5. The normalized spacial score (nSPS) is 17.7. The van der Waals surface area contributed by atoms with Gasteiger partial charge >= 0.3 is 6.09 Å². The van der Waals surface area contributed by atoms with Crippen LogP contribution in [0.25, 0.3) is 5.57 Å². The molecule has 0 saturated carbocycles. The van der Waals surface area contributed by atoms with Crippen molar-refractivity contribution in [1.29, 1.82) is 0 Å². The van der Waals surface area contributed by atoms with Gasteiger partial charge in [0.25, 0.3) is 0 Å². The van der Waals surface area contributed by atoms with E-state index in [0.717, 1.165) is 35.4 Å². The molecule has 1 atom stereocenters. The minimum Gasteiger partial charge on any atom is -0.493 e. The molecule has 0 spiro atoms. The zero-order valence-electron chi connectivity index (χ0n) is 18.3. The van der Waals surface area contributed by atoms with Crippen LogP contribution in [0, 0.1) is 0 Å². The van der Waals surface area contributed by atoms with Crippen molar-refractivity contribution >= 4 is 17.4 Å². The van der Waals surface area contributed by atoms with Gasteiger partial charge in [0.2, 0.25) is 0 Å². The average molecular weight is 408 g/mol. The molecular formula is C25H29NO4. The van der Waals surface area contributed by atoms with Crippen molar-refractivity contribution in [1.82, 2.24) is 0 Å². The number of methoxy groups -OCH3 is 2. The van der Waals surface area contributed by atoms with Crippen molar-refractivity contribution in [2.45, 2.75) is 45.1 Å². The standard InChI is InChI=1S/C25H29NO4/c1-25(2,3)30-24(27)26-14-13-18-17(16-9-7-6-8-10-16)11-12-19-22(18)20(26)15-21(28-4)23(19)29-5/h6-11,15,18H,12-14H2,1-5H3/t18-/m0/s1. The summed E-state index contributed by atoms with van der Waals surface area (Å²) in [6, 6.07) is 12.4. The van der Waals surface area contributed by atoms with E-state index in [4.69, 9.17) is 14.2 Å². The van der Waals surface area contributed by atoms with E-state index in [9.17, 15) is 4.79 Å². The van der Waals surface area contributed by atoms with Crippen LogP contribution < -0.4 is 14.4 Å². The first-order valence-electron chi connectivity index (χ1n) is 10.4. The van der Waals surface area contributed by atoms with E-state index in [1.807, 2.05) is 32.9 Å². The first kappa shape index (κ1) is 20.3. The summed E-state index contributed by atoms with van der Waals surface area (Å²) in [5.74, 6) is 1.58. The van der Waals surface area contributed by atoms with Crippen LogP contribution in [0.2, 0.25) is 0 Å². The third kappa shape index (κ3) is 3.53. The van der Waals surface area contributed by atoms with Crippen molar-refractivity contribution in [3.63, 3.8) is 0 Å². The minimum absolute atomic E-state index is 0.199. The zero-order valence-corrected chi connectivity index (χ0v) is 18.3. The maximum atomic E-state index is 13.0. The molecule has 2 aromatic rings. The van der Waals surface area contributed by atoms with E-state index in [1.165, 1.54) is 11.1 Å². The Hall–Kier alpha value is -2.95. The first-order valence-corrected chi connectivity index (χ1v) is 10.4. The van der Waals surface area contributed by atoms with Gasteiger partial charge in [-0.3, -0.25) is 4.90 Å². The molecule has 0 fully saturated rings. The molecule has 0 unspecified atom stereocenters. The summed E-state index contributed by atoms with van der Waals surface area (Å²) >= 11 is 0. The van der Waals surface area contributed by atoms with Gasteiger partial charge in [-0.25, -0.2) is 4.79 Å². The van der Waals surface area contributed by atoms with Crippen molar-refractivity contribution < 1.29 is 19.0 Å². The Morgan fingerprint density at radius 3 is 2.47 bits per heavy atom. The molecule has 1 heterocycles. The van der Waals surface area contributed by atoms with Crippen molar-refractivity contribution in [2.75, 3.05) is 25.7 Å². The van der Waals surface area contributed by atoms with Crippen molar-refractivity contribution in [3.8, 4) is 11.5 Å². The minimum atomic E-state index is -0.556. The predicted octanol–water partition coefficient (Wildman–Crippen LogP) is 5.57. The molecule has 0 N–H and O–H groups in total. The topological polar surface area (TPSA) is 48.0 Å². The number of rotatable bonds is 3. The molecule has 30 heavy (non-hydrogen) atoms. The molecule has 2 aliphatic rings. The Morgan fingerprint density at radius 1 is 1.10 bits per heavy atom. The van der Waals surface area contributed by atoms with Gasteiger partial charge in [0.05, 0.1) is 19.9 Å². The van der Waals surface area contributed by atoms with Gasteiger partial charge in [-0.1, -0.05) is 36.4 Å². The quantitative estimate of drug-likeness (QED) is 0.667. The second kappa shape index (κ2) is 7.71. The number of carbonyl (C=O) groups excluding carboxylic acids is 1. The van der Waals surface area contributed by atoms with Gasteiger partial charge in [-0.2, -0.15) is 0 Å². The number of benzene rings is 2. The molecule has 1 amide bonds. The van der Waals surface area contributed by atoms with E-state index in [0.29, 0.717) is 12.3 Å². The highest BCUT2D eigenvalue weighted by molar-refractivity contribution is 5.93. The number of carbonyl (C=O) groups is 1. The fraction of sp³-hybridized carbons (Fsp3) is 0.400. The third-order valence-corrected chi connectivity index (χ3v) is 5.69. The summed E-state index contributed by atoms with van der Waals surface area (Å²) in [6.45, 7) is 6.25. The molecule has 0 bridgehead atoms. The molecule has 1 aliphatic carbocycles. The molecule has 5 nitrogen and oxygen atoms in total. The van der Waals surface area contributed by atoms with Gasteiger partial charge in [0.15, 0.2) is 11.5 Å². The summed E-state index contributed by atoms with van der Waals surface area (Å²) in [6.07, 6.45) is 3.52. The van der Waals surface area contributed by atoms with Crippen LogP contribution in [0.15, 0.2) is 42.5 Å². The summed E-state index contributed by atoms with van der Waals surface area (Å²) in [4.78, 5) is 14.8. The molecule has 4 rings (SSSR count). The van der Waals surface area contributed by atoms with Gasteiger partial charge < -0.3 is 14.2 Å². The maximum absolute atomic E-state index is 13.0. The van der Waals surface area contributed by atoms with E-state index in [-0.39, 0.29) is 12.0 Å². The monoisotopic (exact) mass is 407 g/mol. The van der Waals surface area contributed by atoms with Crippen LogP contribution in [0.1, 0.15) is 49.8 Å². The molecule has 0 saturated heterocycles. The highest BCUT2D eigenvalue weighted by atomic mass is 16.6. The number of allylic oxidation sites excluding steroid dienone is 2. The summed E-state index contributed by atoms with van der Waals surface area (Å²) in [7, 11) is 3.30. The van der Waals surface area contributed by atoms with Crippen molar-refractivity contribution in [2.24, 2.45) is 0 Å². The third-order valence-electron chi connectivity index (χ3n) is 5.69. The highest BCUT2D eigenvalue weighted by Gasteiger charge is 2.38. The van der Waals surface area contributed by atoms with Crippen LogP contribution in [0.3, 0.4) is 0 Å². The van der Waals surface area contributed by atoms with E-state index >= 15 is 0 Å². The van der Waals surface area contributed by atoms with E-state index in [2.05, 4.69) is 30.3 Å². The Morgan fingerprint density at radius 2 is 1.83 bits per heavy atom. The van der Waals surface area contributed by atoms with E-state index in [1.54, 1.807) is 19.1 Å².